The number of methoxy groups -OCH3 is 1. The molecule has 1 fully saturated rings. The molecular weight excluding hydrogens is 214 g/mol. The molecule has 0 saturated carbocycles. The second-order valence-corrected chi connectivity index (χ2v) is 4.54. The van der Waals surface area contributed by atoms with E-state index >= 15 is 0 Å². The van der Waals surface area contributed by atoms with Crippen molar-refractivity contribution in [2.24, 2.45) is 0 Å². The maximum absolute atomic E-state index is 5.48. The van der Waals surface area contributed by atoms with E-state index in [1.165, 1.54) is 12.0 Å². The molecule has 1 heterocycles. The highest BCUT2D eigenvalue weighted by atomic mass is 16.5. The van der Waals surface area contributed by atoms with Gasteiger partial charge in [0.1, 0.15) is 5.75 Å². The first kappa shape index (κ1) is 12.4. The summed E-state index contributed by atoms with van der Waals surface area (Å²) in [5.41, 5.74) is 1.21. The second-order valence-electron chi connectivity index (χ2n) is 4.54. The summed E-state index contributed by atoms with van der Waals surface area (Å²) in [6.07, 6.45) is 2.34. The van der Waals surface area contributed by atoms with Crippen molar-refractivity contribution in [1.29, 1.82) is 0 Å². The van der Waals surface area contributed by atoms with Gasteiger partial charge >= 0.3 is 0 Å². The normalized spacial score (nSPS) is 22.1. The van der Waals surface area contributed by atoms with Crippen LogP contribution in [0.4, 0.5) is 0 Å². The Morgan fingerprint density at radius 1 is 1.41 bits per heavy atom. The number of ether oxygens (including phenoxy) is 2. The quantitative estimate of drug-likeness (QED) is 0.870. The lowest BCUT2D eigenvalue weighted by atomic mass is 10.0. The van der Waals surface area contributed by atoms with Crippen LogP contribution in [-0.2, 0) is 4.74 Å². The molecule has 0 spiro atoms. The van der Waals surface area contributed by atoms with Crippen molar-refractivity contribution in [1.82, 2.24) is 5.32 Å². The molecule has 0 amide bonds. The van der Waals surface area contributed by atoms with Crippen LogP contribution in [-0.4, -0.2) is 26.4 Å². The summed E-state index contributed by atoms with van der Waals surface area (Å²) in [6, 6.07) is 8.92. The highest BCUT2D eigenvalue weighted by Gasteiger charge is 2.18. The van der Waals surface area contributed by atoms with Crippen LogP contribution in [0.15, 0.2) is 24.3 Å². The fraction of sp³-hybridized carbons (Fsp3) is 0.571. The van der Waals surface area contributed by atoms with Crippen molar-refractivity contribution in [2.75, 3.05) is 20.3 Å². The molecule has 1 aromatic carbocycles. The largest absolute Gasteiger partial charge is 0.496 e. The number of nitrogens with one attached hydrogen (secondary N) is 1. The first-order chi connectivity index (χ1) is 8.31. The van der Waals surface area contributed by atoms with Crippen molar-refractivity contribution in [2.45, 2.75) is 31.8 Å². The number of hydrogen-bond acceptors (Lipinski definition) is 3. The van der Waals surface area contributed by atoms with Gasteiger partial charge in [0.2, 0.25) is 0 Å². The van der Waals surface area contributed by atoms with Gasteiger partial charge in [-0.25, -0.2) is 0 Å². The average molecular weight is 235 g/mol. The maximum atomic E-state index is 5.48. The summed E-state index contributed by atoms with van der Waals surface area (Å²) in [7, 11) is 1.72. The summed E-state index contributed by atoms with van der Waals surface area (Å²) >= 11 is 0. The lowest BCUT2D eigenvalue weighted by Crippen LogP contribution is -2.38. The molecule has 0 aromatic heterocycles. The molecule has 1 N–H and O–H groups in total. The van der Waals surface area contributed by atoms with E-state index in [-0.39, 0.29) is 6.04 Å². The van der Waals surface area contributed by atoms with Crippen LogP contribution in [0.25, 0.3) is 0 Å². The molecule has 3 nitrogen and oxygen atoms in total. The number of benzene rings is 1. The van der Waals surface area contributed by atoms with E-state index in [0.717, 1.165) is 25.4 Å². The van der Waals surface area contributed by atoms with Gasteiger partial charge in [-0.2, -0.15) is 0 Å². The number of para-hydroxylation sites is 1. The van der Waals surface area contributed by atoms with Gasteiger partial charge in [-0.05, 0) is 25.8 Å². The van der Waals surface area contributed by atoms with Crippen molar-refractivity contribution in [3.8, 4) is 5.75 Å². The van der Waals surface area contributed by atoms with Crippen LogP contribution in [0.1, 0.15) is 31.4 Å². The topological polar surface area (TPSA) is 30.5 Å². The average Bonchev–Trinajstić information content (AvgIpc) is 2.40. The second kappa shape index (κ2) is 6.03. The molecule has 94 valence electrons. The lowest BCUT2D eigenvalue weighted by molar-refractivity contribution is 0.0670. The van der Waals surface area contributed by atoms with Crippen LogP contribution in [0.2, 0.25) is 0 Å². The summed E-state index contributed by atoms with van der Waals surface area (Å²) in [6.45, 7) is 3.90. The molecule has 0 bridgehead atoms. The van der Waals surface area contributed by atoms with Crippen LogP contribution >= 0.6 is 0 Å². The van der Waals surface area contributed by atoms with Gasteiger partial charge < -0.3 is 14.8 Å². The lowest BCUT2D eigenvalue weighted by Gasteiger charge is -2.27. The van der Waals surface area contributed by atoms with E-state index in [1.807, 2.05) is 18.2 Å². The molecule has 0 aliphatic carbocycles. The molecule has 17 heavy (non-hydrogen) atoms. The zero-order chi connectivity index (χ0) is 12.1. The van der Waals surface area contributed by atoms with Gasteiger partial charge in [0.15, 0.2) is 0 Å². The molecule has 2 atom stereocenters. The molecule has 3 heteroatoms. The van der Waals surface area contributed by atoms with E-state index in [1.54, 1.807) is 7.11 Å². The minimum atomic E-state index is 0.290. The Morgan fingerprint density at radius 2 is 2.24 bits per heavy atom. The van der Waals surface area contributed by atoms with Crippen LogP contribution in [0.3, 0.4) is 0 Å². The molecule has 0 radical (unpaired) electrons. The van der Waals surface area contributed by atoms with Crippen LogP contribution in [0.5, 0.6) is 5.75 Å². The monoisotopic (exact) mass is 235 g/mol. The number of hydrogen-bond donors (Lipinski definition) is 1. The Morgan fingerprint density at radius 3 is 2.94 bits per heavy atom. The third kappa shape index (κ3) is 3.20. The van der Waals surface area contributed by atoms with Gasteiger partial charge in [-0.1, -0.05) is 18.2 Å². The highest BCUT2D eigenvalue weighted by Crippen LogP contribution is 2.25. The summed E-state index contributed by atoms with van der Waals surface area (Å²) in [5.74, 6) is 0.948. The summed E-state index contributed by atoms with van der Waals surface area (Å²) < 4.78 is 10.9. The molecule has 1 aromatic rings. The van der Waals surface area contributed by atoms with E-state index in [2.05, 4.69) is 18.3 Å². The van der Waals surface area contributed by atoms with Gasteiger partial charge in [0.25, 0.3) is 0 Å². The van der Waals surface area contributed by atoms with Crippen molar-refractivity contribution in [3.05, 3.63) is 29.8 Å². The Balaban J connectivity index is 2.00. The van der Waals surface area contributed by atoms with Gasteiger partial charge in [-0.15, -0.1) is 0 Å². The van der Waals surface area contributed by atoms with Crippen molar-refractivity contribution in [3.63, 3.8) is 0 Å². The van der Waals surface area contributed by atoms with E-state index < -0.39 is 0 Å². The van der Waals surface area contributed by atoms with E-state index in [9.17, 15) is 0 Å². The molecule has 1 unspecified atom stereocenters. The van der Waals surface area contributed by atoms with Gasteiger partial charge in [0.05, 0.1) is 13.7 Å². The van der Waals surface area contributed by atoms with Crippen molar-refractivity contribution >= 4 is 0 Å². The summed E-state index contributed by atoms with van der Waals surface area (Å²) in [4.78, 5) is 0. The third-order valence-electron chi connectivity index (χ3n) is 3.25. The molecule has 1 aliphatic rings. The van der Waals surface area contributed by atoms with Gasteiger partial charge in [-0.3, -0.25) is 0 Å². The number of rotatable bonds is 4. The van der Waals surface area contributed by atoms with Crippen molar-refractivity contribution < 1.29 is 9.47 Å². The Kier molecular flexibility index (Phi) is 4.40. The Bertz CT molecular complexity index is 348. The van der Waals surface area contributed by atoms with E-state index in [4.69, 9.17) is 9.47 Å². The Hall–Kier alpha value is -1.06. The summed E-state index contributed by atoms with van der Waals surface area (Å²) in [5, 5.41) is 3.60. The maximum Gasteiger partial charge on any atom is 0.123 e. The minimum Gasteiger partial charge on any atom is -0.496 e. The van der Waals surface area contributed by atoms with Crippen LogP contribution in [0, 0.1) is 0 Å². The first-order valence-electron chi connectivity index (χ1n) is 6.28. The predicted octanol–water partition coefficient (Wildman–Crippen LogP) is 2.52. The molecule has 1 saturated heterocycles. The standard InChI is InChI=1S/C14H21NO2/c1-11(15-12-6-5-9-17-10-12)13-7-3-4-8-14(13)16-2/h3-4,7-8,11-12,15H,5-6,9-10H2,1-2H3/t11-,12?/m1/s1. The highest BCUT2D eigenvalue weighted by molar-refractivity contribution is 5.35. The zero-order valence-electron chi connectivity index (χ0n) is 10.6. The third-order valence-corrected chi connectivity index (χ3v) is 3.25. The first-order valence-corrected chi connectivity index (χ1v) is 6.28. The fourth-order valence-electron chi connectivity index (χ4n) is 2.34. The smallest absolute Gasteiger partial charge is 0.123 e. The van der Waals surface area contributed by atoms with E-state index in [0.29, 0.717) is 6.04 Å². The minimum absolute atomic E-state index is 0.290. The molecular formula is C14H21NO2. The fourth-order valence-corrected chi connectivity index (χ4v) is 2.34. The zero-order valence-corrected chi connectivity index (χ0v) is 10.6. The predicted molar refractivity (Wildman–Crippen MR) is 68.4 cm³/mol. The van der Waals surface area contributed by atoms with Crippen LogP contribution < -0.4 is 10.1 Å². The molecule has 2 rings (SSSR count). The SMILES string of the molecule is COc1ccccc1[C@@H](C)NC1CCCOC1. The molecule has 1 aliphatic heterocycles. The van der Waals surface area contributed by atoms with Gasteiger partial charge in [0, 0.05) is 24.3 Å². The Labute approximate surface area is 103 Å².